The van der Waals surface area contributed by atoms with Gasteiger partial charge in [0.05, 0.1) is 30.5 Å². The number of hydrogen-bond donors (Lipinski definition) is 8. The monoisotopic (exact) mass is 668 g/mol. The van der Waals surface area contributed by atoms with Crippen molar-refractivity contribution in [2.24, 2.45) is 39.9 Å². The van der Waals surface area contributed by atoms with Crippen LogP contribution in [0.25, 0.3) is 0 Å². The molecular weight excluding hydrogens is 612 g/mol. The SMILES string of the molecule is CC(C)(O)CCC(=O)[C@](C)(O)[C@H]1[C@H](O)C[C@@]2(C)C3CC=C4[C@@H](CC(O)[C@H](O[C@@H]5OC(CO)[C@@H](O)[C@H](O)C5O)C4(C)C)C3C(=O)C[C@@]12C. The molecule has 5 rings (SSSR count). The molecule has 268 valence electrons. The number of rotatable bonds is 8. The first-order valence-electron chi connectivity index (χ1n) is 17.1. The Kier molecular flexibility index (Phi) is 9.57. The summed E-state index contributed by atoms with van der Waals surface area (Å²) in [5.74, 6) is -2.45. The fourth-order valence-electron chi connectivity index (χ4n) is 10.5. The molecule has 12 heteroatoms. The van der Waals surface area contributed by atoms with Gasteiger partial charge in [-0.15, -0.1) is 0 Å². The summed E-state index contributed by atoms with van der Waals surface area (Å²) in [4.78, 5) is 27.7. The molecule has 0 aromatic carbocycles. The Morgan fingerprint density at radius 3 is 2.21 bits per heavy atom. The standard InChI is InChI=1S/C35H56O12/c1-31(2,44)11-10-23(40)35(7,45)28-21(39)14-33(5)18-9-8-17-16(24(18)20(38)13-34(28,33)6)12-19(37)29(32(17,3)4)47-30-27(43)26(42)25(41)22(15-36)46-30/h8,16,18-19,21-22,24-30,36-37,39,41-45H,9-15H2,1-7H3/t16-,18?,19?,21-,22?,24?,25-,26+,27?,28+,29+,30+,33+,34+,35+/m1/s1. The molecule has 5 aliphatic rings. The molecule has 1 aliphatic heterocycles. The molecule has 0 amide bonds. The van der Waals surface area contributed by atoms with Crippen LogP contribution in [0.5, 0.6) is 0 Å². The van der Waals surface area contributed by atoms with E-state index in [1.165, 1.54) is 6.92 Å². The summed E-state index contributed by atoms with van der Waals surface area (Å²) in [5, 5.41) is 85.8. The van der Waals surface area contributed by atoms with Crippen LogP contribution in [0.15, 0.2) is 11.6 Å². The van der Waals surface area contributed by atoms with Crippen molar-refractivity contribution < 1.29 is 59.9 Å². The van der Waals surface area contributed by atoms with Gasteiger partial charge in [-0.25, -0.2) is 0 Å². The zero-order valence-corrected chi connectivity index (χ0v) is 28.7. The fraction of sp³-hybridized carbons (Fsp3) is 0.886. The predicted molar refractivity (Wildman–Crippen MR) is 167 cm³/mol. The Morgan fingerprint density at radius 2 is 1.62 bits per heavy atom. The van der Waals surface area contributed by atoms with Crippen molar-refractivity contribution in [2.75, 3.05) is 6.61 Å². The third kappa shape index (κ3) is 5.78. The molecule has 3 saturated carbocycles. The number of hydrogen-bond acceptors (Lipinski definition) is 12. The first-order chi connectivity index (χ1) is 21.5. The van der Waals surface area contributed by atoms with E-state index in [0.717, 1.165) is 5.57 Å². The Balaban J connectivity index is 1.43. The molecular formula is C35H56O12. The van der Waals surface area contributed by atoms with Gasteiger partial charge in [0, 0.05) is 30.1 Å². The summed E-state index contributed by atoms with van der Waals surface area (Å²) < 4.78 is 11.7. The molecule has 0 spiro atoms. The molecule has 8 N–H and O–H groups in total. The van der Waals surface area contributed by atoms with Crippen LogP contribution in [0.2, 0.25) is 0 Å². The van der Waals surface area contributed by atoms with Crippen LogP contribution in [0.1, 0.15) is 87.0 Å². The summed E-state index contributed by atoms with van der Waals surface area (Å²) in [6, 6.07) is 0. The number of carbonyl (C=O) groups is 2. The first-order valence-corrected chi connectivity index (χ1v) is 17.1. The van der Waals surface area contributed by atoms with Crippen molar-refractivity contribution in [3.05, 3.63) is 11.6 Å². The maximum absolute atomic E-state index is 14.3. The third-order valence-electron chi connectivity index (χ3n) is 13.2. The largest absolute Gasteiger partial charge is 0.394 e. The predicted octanol–water partition coefficient (Wildman–Crippen LogP) is 0.378. The Bertz CT molecular complexity index is 1250. The zero-order chi connectivity index (χ0) is 35.2. The summed E-state index contributed by atoms with van der Waals surface area (Å²) in [7, 11) is 0. The Labute approximate surface area is 276 Å². The highest BCUT2D eigenvalue weighted by molar-refractivity contribution is 5.88. The van der Waals surface area contributed by atoms with Crippen LogP contribution in [0, 0.1) is 39.9 Å². The van der Waals surface area contributed by atoms with Crippen LogP contribution in [0.3, 0.4) is 0 Å². The zero-order valence-electron chi connectivity index (χ0n) is 28.7. The molecule has 47 heavy (non-hydrogen) atoms. The highest BCUT2D eigenvalue weighted by Gasteiger charge is 2.72. The Morgan fingerprint density at radius 1 is 0.979 bits per heavy atom. The summed E-state index contributed by atoms with van der Waals surface area (Å²) in [5.41, 5.74) is -4.47. The van der Waals surface area contributed by atoms with Crippen molar-refractivity contribution in [1.82, 2.24) is 0 Å². The van der Waals surface area contributed by atoms with Gasteiger partial charge in [-0.1, -0.05) is 39.3 Å². The van der Waals surface area contributed by atoms with Crippen LogP contribution in [-0.4, -0.2) is 119 Å². The molecule has 4 aliphatic carbocycles. The second-order valence-corrected chi connectivity index (χ2v) is 17.0. The van der Waals surface area contributed by atoms with Gasteiger partial charge >= 0.3 is 0 Å². The minimum Gasteiger partial charge on any atom is -0.394 e. The molecule has 0 aromatic heterocycles. The van der Waals surface area contributed by atoms with E-state index in [2.05, 4.69) is 6.08 Å². The van der Waals surface area contributed by atoms with Crippen molar-refractivity contribution in [1.29, 1.82) is 0 Å². The van der Waals surface area contributed by atoms with Gasteiger partial charge in [0.2, 0.25) is 0 Å². The van der Waals surface area contributed by atoms with Gasteiger partial charge < -0.3 is 50.3 Å². The number of aliphatic hydroxyl groups is 8. The highest BCUT2D eigenvalue weighted by atomic mass is 16.7. The van der Waals surface area contributed by atoms with E-state index in [9.17, 15) is 50.4 Å². The highest BCUT2D eigenvalue weighted by Crippen LogP contribution is 2.71. The Hall–Kier alpha value is -1.32. The van der Waals surface area contributed by atoms with Crippen molar-refractivity contribution in [2.45, 2.75) is 147 Å². The van der Waals surface area contributed by atoms with Gasteiger partial charge in [-0.3, -0.25) is 9.59 Å². The molecule has 0 bridgehead atoms. The molecule has 0 radical (unpaired) electrons. The number of fused-ring (bicyclic) bond motifs is 5. The molecule has 1 saturated heterocycles. The van der Waals surface area contributed by atoms with Crippen LogP contribution in [0.4, 0.5) is 0 Å². The lowest BCUT2D eigenvalue weighted by molar-refractivity contribution is -0.327. The average Bonchev–Trinajstić information content (AvgIpc) is 3.17. The summed E-state index contributed by atoms with van der Waals surface area (Å²) >= 11 is 0. The molecule has 12 nitrogen and oxygen atoms in total. The smallest absolute Gasteiger partial charge is 0.187 e. The summed E-state index contributed by atoms with van der Waals surface area (Å²) in [6.45, 7) is 11.7. The van der Waals surface area contributed by atoms with Gasteiger partial charge in [0.15, 0.2) is 12.1 Å². The molecule has 0 aromatic rings. The van der Waals surface area contributed by atoms with E-state index in [4.69, 9.17) is 9.47 Å². The van der Waals surface area contributed by atoms with E-state index in [1.54, 1.807) is 13.8 Å². The average molecular weight is 669 g/mol. The maximum Gasteiger partial charge on any atom is 0.187 e. The second kappa shape index (κ2) is 12.2. The number of carbonyl (C=O) groups excluding carboxylic acids is 2. The molecule has 15 atom stereocenters. The topological polar surface area (TPSA) is 214 Å². The van der Waals surface area contributed by atoms with Gasteiger partial charge in [0.1, 0.15) is 35.8 Å². The minimum absolute atomic E-state index is 0.0410. The van der Waals surface area contributed by atoms with Crippen LogP contribution < -0.4 is 0 Å². The lowest BCUT2D eigenvalue weighted by Gasteiger charge is -2.61. The number of ether oxygens (including phenoxy) is 2. The van der Waals surface area contributed by atoms with Crippen molar-refractivity contribution in [3.8, 4) is 0 Å². The number of allylic oxidation sites excluding steroid dienone is 1. The van der Waals surface area contributed by atoms with Gasteiger partial charge in [-0.05, 0) is 69.1 Å². The van der Waals surface area contributed by atoms with Gasteiger partial charge in [0.25, 0.3) is 0 Å². The minimum atomic E-state index is -1.92. The number of ketones is 2. The first kappa shape index (κ1) is 36.9. The van der Waals surface area contributed by atoms with Crippen molar-refractivity contribution in [3.63, 3.8) is 0 Å². The van der Waals surface area contributed by atoms with Crippen LogP contribution in [-0.2, 0) is 19.1 Å². The maximum atomic E-state index is 14.3. The normalized spacial score (nSPS) is 47.7. The van der Waals surface area contributed by atoms with E-state index in [1.807, 2.05) is 27.7 Å². The lowest BCUT2D eigenvalue weighted by atomic mass is 9.43. The van der Waals surface area contributed by atoms with Gasteiger partial charge in [-0.2, -0.15) is 0 Å². The molecule has 5 unspecified atom stereocenters. The van der Waals surface area contributed by atoms with Crippen molar-refractivity contribution >= 4 is 11.6 Å². The lowest BCUT2D eigenvalue weighted by Crippen LogP contribution is -2.63. The van der Waals surface area contributed by atoms with E-state index in [0.29, 0.717) is 12.8 Å². The van der Waals surface area contributed by atoms with Crippen LogP contribution >= 0.6 is 0 Å². The summed E-state index contributed by atoms with van der Waals surface area (Å²) in [6.07, 6.45) is -7.26. The quantitative estimate of drug-likeness (QED) is 0.165. The van der Waals surface area contributed by atoms with E-state index in [-0.39, 0.29) is 43.3 Å². The number of Topliss-reactive ketones (excluding diaryl/α,β-unsaturated/α-hetero) is 2. The molecule has 1 heterocycles. The number of aliphatic hydroxyl groups excluding tert-OH is 6. The molecule has 4 fully saturated rings. The second-order valence-electron chi connectivity index (χ2n) is 17.0. The van der Waals surface area contributed by atoms with E-state index >= 15 is 0 Å². The van der Waals surface area contributed by atoms with E-state index < -0.39 is 101 Å². The fourth-order valence-corrected chi connectivity index (χ4v) is 10.5. The third-order valence-corrected chi connectivity index (χ3v) is 13.2.